The van der Waals surface area contributed by atoms with Crippen LogP contribution < -0.4 is 11.1 Å². The van der Waals surface area contributed by atoms with Crippen LogP contribution in [0.4, 0.5) is 5.82 Å². The Morgan fingerprint density at radius 1 is 1.25 bits per heavy atom. The second kappa shape index (κ2) is 4.96. The van der Waals surface area contributed by atoms with Crippen LogP contribution in [0.5, 0.6) is 0 Å². The number of aromatic amines is 1. The van der Waals surface area contributed by atoms with Crippen molar-refractivity contribution in [2.24, 2.45) is 0 Å². The average Bonchev–Trinajstić information content (AvgIpc) is 2.93. The first-order chi connectivity index (χ1) is 9.74. The summed E-state index contributed by atoms with van der Waals surface area (Å²) in [6, 6.07) is 8.72. The molecule has 2 heterocycles. The third kappa shape index (κ3) is 2.28. The fourth-order valence-corrected chi connectivity index (χ4v) is 1.86. The fourth-order valence-electron chi connectivity index (χ4n) is 1.86. The molecule has 1 aromatic carbocycles. The van der Waals surface area contributed by atoms with Gasteiger partial charge in [0.25, 0.3) is 5.91 Å². The Labute approximate surface area is 114 Å². The molecule has 2 aromatic heterocycles. The molecule has 0 atom stereocenters. The number of amides is 1. The van der Waals surface area contributed by atoms with Gasteiger partial charge in [-0.05, 0) is 24.3 Å². The Balaban J connectivity index is 1.74. The van der Waals surface area contributed by atoms with E-state index in [1.165, 1.54) is 0 Å². The van der Waals surface area contributed by atoms with Gasteiger partial charge in [-0.1, -0.05) is 6.07 Å². The molecule has 0 aliphatic carbocycles. The summed E-state index contributed by atoms with van der Waals surface area (Å²) in [5.41, 5.74) is 8.40. The minimum absolute atomic E-state index is 0.196. The van der Waals surface area contributed by atoms with E-state index in [2.05, 4.69) is 25.7 Å². The summed E-state index contributed by atoms with van der Waals surface area (Å²) in [7, 11) is 0. The summed E-state index contributed by atoms with van der Waals surface area (Å²) in [6.45, 7) is 0.329. The molecule has 4 N–H and O–H groups in total. The maximum Gasteiger partial charge on any atom is 0.251 e. The largest absolute Gasteiger partial charge is 0.383 e. The summed E-state index contributed by atoms with van der Waals surface area (Å²) in [4.78, 5) is 16.0. The molecular formula is C13H12N6O. The first kappa shape index (κ1) is 12.1. The number of nitrogen functional groups attached to an aromatic ring is 1. The van der Waals surface area contributed by atoms with Crippen molar-refractivity contribution < 1.29 is 4.79 Å². The average molecular weight is 268 g/mol. The van der Waals surface area contributed by atoms with Crippen molar-refractivity contribution in [2.75, 3.05) is 5.73 Å². The number of hydrogen-bond acceptors (Lipinski definition) is 5. The van der Waals surface area contributed by atoms with E-state index in [0.717, 1.165) is 11.1 Å². The number of carbonyl (C=O) groups is 1. The number of fused-ring (bicyclic) bond motifs is 1. The summed E-state index contributed by atoms with van der Waals surface area (Å²) in [5.74, 6) is 0.220. The van der Waals surface area contributed by atoms with Crippen LogP contribution >= 0.6 is 0 Å². The summed E-state index contributed by atoms with van der Waals surface area (Å²) in [5, 5.41) is 13.2. The van der Waals surface area contributed by atoms with Crippen molar-refractivity contribution in [3.8, 4) is 0 Å². The van der Waals surface area contributed by atoms with Gasteiger partial charge in [0.15, 0.2) is 0 Å². The van der Waals surface area contributed by atoms with Gasteiger partial charge in [0.2, 0.25) is 0 Å². The van der Waals surface area contributed by atoms with Gasteiger partial charge in [-0.2, -0.15) is 15.4 Å². The lowest BCUT2D eigenvalue weighted by Gasteiger charge is -2.06. The fraction of sp³-hybridized carbons (Fsp3) is 0.0769. The molecule has 0 radical (unpaired) electrons. The first-order valence-corrected chi connectivity index (χ1v) is 6.02. The summed E-state index contributed by atoms with van der Waals surface area (Å²) < 4.78 is 0. The molecular weight excluding hydrogens is 256 g/mol. The quantitative estimate of drug-likeness (QED) is 0.652. The van der Waals surface area contributed by atoms with Crippen LogP contribution in [0.15, 0.2) is 36.5 Å². The minimum Gasteiger partial charge on any atom is -0.383 e. The highest BCUT2D eigenvalue weighted by Gasteiger charge is 2.08. The molecule has 0 fully saturated rings. The van der Waals surface area contributed by atoms with Crippen molar-refractivity contribution in [2.45, 2.75) is 6.54 Å². The zero-order valence-electron chi connectivity index (χ0n) is 10.5. The number of nitrogens with two attached hydrogens (primary N) is 1. The molecule has 20 heavy (non-hydrogen) atoms. The molecule has 0 unspecified atom stereocenters. The number of H-pyrrole nitrogens is 1. The van der Waals surface area contributed by atoms with Gasteiger partial charge in [0.1, 0.15) is 16.9 Å². The normalized spacial score (nSPS) is 10.6. The number of nitrogens with zero attached hydrogens (tertiary/aromatic N) is 3. The molecule has 3 rings (SSSR count). The first-order valence-electron chi connectivity index (χ1n) is 6.02. The van der Waals surface area contributed by atoms with E-state index in [-0.39, 0.29) is 5.91 Å². The molecule has 0 saturated carbocycles. The van der Waals surface area contributed by atoms with E-state index in [0.29, 0.717) is 23.4 Å². The monoisotopic (exact) mass is 268 g/mol. The molecule has 3 aromatic rings. The van der Waals surface area contributed by atoms with Gasteiger partial charge < -0.3 is 11.1 Å². The minimum atomic E-state index is -0.196. The lowest BCUT2D eigenvalue weighted by atomic mass is 10.2. The number of nitrogens with one attached hydrogen (secondary N) is 2. The number of pyridine rings is 1. The van der Waals surface area contributed by atoms with Crippen LogP contribution in [0.1, 0.15) is 15.9 Å². The van der Waals surface area contributed by atoms with Crippen LogP contribution in [0.2, 0.25) is 0 Å². The van der Waals surface area contributed by atoms with E-state index in [9.17, 15) is 4.79 Å². The predicted octanol–water partition coefficient (Wildman–Crippen LogP) is 0.865. The molecule has 0 aliphatic heterocycles. The maximum atomic E-state index is 12.1. The van der Waals surface area contributed by atoms with Crippen LogP contribution in [0, 0.1) is 0 Å². The van der Waals surface area contributed by atoms with E-state index in [4.69, 9.17) is 5.73 Å². The van der Waals surface area contributed by atoms with Gasteiger partial charge in [-0.3, -0.25) is 4.79 Å². The third-order valence-corrected chi connectivity index (χ3v) is 2.94. The van der Waals surface area contributed by atoms with Crippen molar-refractivity contribution in [3.05, 3.63) is 47.7 Å². The van der Waals surface area contributed by atoms with E-state index in [1.54, 1.807) is 30.5 Å². The Bertz CT molecular complexity index is 766. The number of aromatic nitrogens is 4. The maximum absolute atomic E-state index is 12.1. The zero-order chi connectivity index (χ0) is 13.9. The standard InChI is InChI=1S/C13H12N6O/c14-12-9(2-1-5-15-12)7-16-13(20)8-3-4-10-11(6-8)18-19-17-10/h1-6H,7H2,(H2,14,15)(H,16,20)(H,17,18,19). The van der Waals surface area contributed by atoms with Crippen LogP contribution in [-0.2, 0) is 6.54 Å². The van der Waals surface area contributed by atoms with Crippen molar-refractivity contribution in [1.29, 1.82) is 0 Å². The highest BCUT2D eigenvalue weighted by molar-refractivity contribution is 5.97. The molecule has 0 aliphatic rings. The smallest absolute Gasteiger partial charge is 0.251 e. The number of hydrogen-bond donors (Lipinski definition) is 3. The molecule has 0 bridgehead atoms. The van der Waals surface area contributed by atoms with Gasteiger partial charge in [0.05, 0.1) is 0 Å². The summed E-state index contributed by atoms with van der Waals surface area (Å²) >= 11 is 0. The molecule has 100 valence electrons. The van der Waals surface area contributed by atoms with E-state index < -0.39 is 0 Å². The molecule has 0 spiro atoms. The van der Waals surface area contributed by atoms with E-state index in [1.807, 2.05) is 6.07 Å². The van der Waals surface area contributed by atoms with Gasteiger partial charge in [0, 0.05) is 23.9 Å². The molecule has 7 nitrogen and oxygen atoms in total. The Hall–Kier alpha value is -2.96. The summed E-state index contributed by atoms with van der Waals surface area (Å²) in [6.07, 6.45) is 1.61. The van der Waals surface area contributed by atoms with Gasteiger partial charge >= 0.3 is 0 Å². The second-order valence-corrected chi connectivity index (χ2v) is 4.26. The Morgan fingerprint density at radius 3 is 2.95 bits per heavy atom. The van der Waals surface area contributed by atoms with E-state index >= 15 is 0 Å². The number of rotatable bonds is 3. The lowest BCUT2D eigenvalue weighted by molar-refractivity contribution is 0.0951. The highest BCUT2D eigenvalue weighted by atomic mass is 16.1. The zero-order valence-corrected chi connectivity index (χ0v) is 10.5. The molecule has 7 heteroatoms. The van der Waals surface area contributed by atoms with Crippen molar-refractivity contribution in [1.82, 2.24) is 25.7 Å². The van der Waals surface area contributed by atoms with Crippen LogP contribution in [0.25, 0.3) is 11.0 Å². The number of anilines is 1. The number of carbonyl (C=O) groups excluding carboxylic acids is 1. The third-order valence-electron chi connectivity index (χ3n) is 2.94. The Kier molecular flexibility index (Phi) is 3.00. The van der Waals surface area contributed by atoms with Crippen LogP contribution in [0.3, 0.4) is 0 Å². The predicted molar refractivity (Wildman–Crippen MR) is 73.7 cm³/mol. The molecule has 1 amide bonds. The van der Waals surface area contributed by atoms with Crippen molar-refractivity contribution in [3.63, 3.8) is 0 Å². The van der Waals surface area contributed by atoms with Crippen molar-refractivity contribution >= 4 is 22.8 Å². The highest BCUT2D eigenvalue weighted by Crippen LogP contribution is 2.11. The van der Waals surface area contributed by atoms with Gasteiger partial charge in [-0.25, -0.2) is 4.98 Å². The Morgan fingerprint density at radius 2 is 2.10 bits per heavy atom. The second-order valence-electron chi connectivity index (χ2n) is 4.26. The van der Waals surface area contributed by atoms with Crippen LogP contribution in [-0.4, -0.2) is 26.3 Å². The SMILES string of the molecule is Nc1ncccc1CNC(=O)c1ccc2n[nH]nc2c1. The topological polar surface area (TPSA) is 110 Å². The van der Waals surface area contributed by atoms with Gasteiger partial charge in [-0.15, -0.1) is 0 Å². The lowest BCUT2D eigenvalue weighted by Crippen LogP contribution is -2.23. The number of benzene rings is 1. The molecule has 0 saturated heterocycles.